The van der Waals surface area contributed by atoms with Crippen molar-refractivity contribution in [2.45, 2.75) is 33.2 Å². The van der Waals surface area contributed by atoms with Gasteiger partial charge in [0.25, 0.3) is 5.91 Å². The largest absolute Gasteiger partial charge is 0.493 e. The minimum Gasteiger partial charge on any atom is -0.493 e. The van der Waals surface area contributed by atoms with E-state index < -0.39 is 0 Å². The number of hydrogen-bond acceptors (Lipinski definition) is 4. The van der Waals surface area contributed by atoms with Gasteiger partial charge in [0.2, 0.25) is 0 Å². The molecule has 2 aromatic carbocycles. The lowest BCUT2D eigenvalue weighted by atomic mass is 10.1. The molecule has 0 unspecified atom stereocenters. The van der Waals surface area contributed by atoms with Crippen LogP contribution in [0.15, 0.2) is 47.5 Å². The van der Waals surface area contributed by atoms with Crippen LogP contribution >= 0.6 is 0 Å². The number of ether oxygens (including phenoxy) is 2. The Hall–Kier alpha value is -3.22. The summed E-state index contributed by atoms with van der Waals surface area (Å²) in [7, 11) is 3.21. The molecule has 0 spiro atoms. The van der Waals surface area contributed by atoms with Gasteiger partial charge in [-0.3, -0.25) is 4.79 Å². The maximum Gasteiger partial charge on any atom is 0.251 e. The summed E-state index contributed by atoms with van der Waals surface area (Å²) in [5.74, 6) is 1.93. The molecule has 0 heterocycles. The lowest BCUT2D eigenvalue weighted by molar-refractivity contribution is 0.0953. The van der Waals surface area contributed by atoms with E-state index in [0.29, 0.717) is 36.1 Å². The molecule has 3 N–H and O–H groups in total. The number of hydrogen-bond donors (Lipinski definition) is 3. The van der Waals surface area contributed by atoms with Gasteiger partial charge in [-0.15, -0.1) is 0 Å². The second kappa shape index (κ2) is 12.4. The van der Waals surface area contributed by atoms with E-state index in [1.807, 2.05) is 49.4 Å². The molecule has 30 heavy (non-hydrogen) atoms. The van der Waals surface area contributed by atoms with E-state index in [0.717, 1.165) is 30.6 Å². The van der Waals surface area contributed by atoms with E-state index in [2.05, 4.69) is 27.9 Å². The minimum absolute atomic E-state index is 0.0399. The molecule has 0 atom stereocenters. The highest BCUT2D eigenvalue weighted by molar-refractivity contribution is 5.94. The monoisotopic (exact) mass is 412 g/mol. The summed E-state index contributed by atoms with van der Waals surface area (Å²) >= 11 is 0. The molecule has 162 valence electrons. The number of benzene rings is 2. The number of anilines is 1. The SMILES string of the molecule is CCCCNC(=O)c1ccc(CN=C(NCC)Nc2ccc(OC)c(OC)c2)cc1. The van der Waals surface area contributed by atoms with Crippen LogP contribution in [0.1, 0.15) is 42.6 Å². The van der Waals surface area contributed by atoms with Crippen molar-refractivity contribution in [2.75, 3.05) is 32.6 Å². The zero-order chi connectivity index (χ0) is 21.8. The molecular formula is C23H32N4O3. The van der Waals surface area contributed by atoms with Crippen LogP contribution in [0, 0.1) is 0 Å². The molecule has 0 aliphatic carbocycles. The van der Waals surface area contributed by atoms with E-state index in [-0.39, 0.29) is 5.91 Å². The van der Waals surface area contributed by atoms with E-state index >= 15 is 0 Å². The van der Waals surface area contributed by atoms with Crippen molar-refractivity contribution in [1.29, 1.82) is 0 Å². The molecule has 0 saturated carbocycles. The van der Waals surface area contributed by atoms with Crippen molar-refractivity contribution >= 4 is 17.6 Å². The van der Waals surface area contributed by atoms with E-state index in [1.165, 1.54) is 0 Å². The predicted molar refractivity (Wildman–Crippen MR) is 122 cm³/mol. The van der Waals surface area contributed by atoms with Crippen molar-refractivity contribution in [3.8, 4) is 11.5 Å². The predicted octanol–water partition coefficient (Wildman–Crippen LogP) is 3.81. The minimum atomic E-state index is -0.0399. The number of nitrogens with zero attached hydrogens (tertiary/aromatic N) is 1. The highest BCUT2D eigenvalue weighted by Crippen LogP contribution is 2.29. The molecule has 0 aromatic heterocycles. The Balaban J connectivity index is 2.03. The number of aliphatic imine (C=N–C) groups is 1. The van der Waals surface area contributed by atoms with Gasteiger partial charge >= 0.3 is 0 Å². The first kappa shape index (κ1) is 23.1. The average Bonchev–Trinajstić information content (AvgIpc) is 2.78. The molecule has 0 aliphatic rings. The normalized spacial score (nSPS) is 11.0. The first-order chi connectivity index (χ1) is 14.6. The van der Waals surface area contributed by atoms with Crippen molar-refractivity contribution in [2.24, 2.45) is 4.99 Å². The first-order valence-electron chi connectivity index (χ1n) is 10.3. The third-order valence-electron chi connectivity index (χ3n) is 4.44. The van der Waals surface area contributed by atoms with Gasteiger partial charge < -0.3 is 25.4 Å². The number of methoxy groups -OCH3 is 2. The van der Waals surface area contributed by atoms with Crippen molar-refractivity contribution in [3.05, 3.63) is 53.6 Å². The number of guanidine groups is 1. The van der Waals surface area contributed by atoms with Crippen molar-refractivity contribution in [3.63, 3.8) is 0 Å². The quantitative estimate of drug-likeness (QED) is 0.314. The second-order valence-corrected chi connectivity index (χ2v) is 6.70. The van der Waals surface area contributed by atoms with Crippen LogP contribution in [0.2, 0.25) is 0 Å². The summed E-state index contributed by atoms with van der Waals surface area (Å²) in [4.78, 5) is 16.7. The molecule has 7 heteroatoms. The molecule has 0 saturated heterocycles. The van der Waals surface area contributed by atoms with E-state index in [4.69, 9.17) is 9.47 Å². The first-order valence-corrected chi connectivity index (χ1v) is 10.3. The fourth-order valence-corrected chi connectivity index (χ4v) is 2.77. The highest BCUT2D eigenvalue weighted by Gasteiger charge is 2.07. The lowest BCUT2D eigenvalue weighted by Crippen LogP contribution is -2.30. The molecule has 0 aliphatic heterocycles. The summed E-state index contributed by atoms with van der Waals surface area (Å²) < 4.78 is 10.6. The molecule has 0 radical (unpaired) electrons. The maximum atomic E-state index is 12.1. The van der Waals surface area contributed by atoms with Gasteiger partial charge in [0.1, 0.15) is 0 Å². The number of carbonyl (C=O) groups is 1. The van der Waals surface area contributed by atoms with Gasteiger partial charge in [-0.25, -0.2) is 4.99 Å². The number of carbonyl (C=O) groups excluding carboxylic acids is 1. The smallest absolute Gasteiger partial charge is 0.251 e. The van der Waals surface area contributed by atoms with Crippen LogP contribution in [-0.4, -0.2) is 39.2 Å². The van der Waals surface area contributed by atoms with E-state index in [9.17, 15) is 4.79 Å². The van der Waals surface area contributed by atoms with Crippen LogP contribution in [-0.2, 0) is 6.54 Å². The van der Waals surface area contributed by atoms with Crippen LogP contribution < -0.4 is 25.4 Å². The standard InChI is InChI=1S/C23H32N4O3/c1-5-7-14-25-22(28)18-10-8-17(9-11-18)16-26-23(24-6-2)27-19-12-13-20(29-3)21(15-19)30-4/h8-13,15H,5-7,14,16H2,1-4H3,(H,25,28)(H2,24,26,27). The third-order valence-corrected chi connectivity index (χ3v) is 4.44. The Kier molecular flexibility index (Phi) is 9.51. The Morgan fingerprint density at radius 3 is 2.33 bits per heavy atom. The van der Waals surface area contributed by atoms with Gasteiger partial charge in [0, 0.05) is 30.4 Å². The van der Waals surface area contributed by atoms with Crippen LogP contribution in [0.3, 0.4) is 0 Å². The highest BCUT2D eigenvalue weighted by atomic mass is 16.5. The lowest BCUT2D eigenvalue weighted by Gasteiger charge is -2.14. The molecular weight excluding hydrogens is 380 g/mol. The van der Waals surface area contributed by atoms with Crippen molar-refractivity contribution < 1.29 is 14.3 Å². The fourth-order valence-electron chi connectivity index (χ4n) is 2.77. The van der Waals surface area contributed by atoms with Crippen LogP contribution in [0.4, 0.5) is 5.69 Å². The summed E-state index contributed by atoms with van der Waals surface area (Å²) in [5, 5.41) is 9.43. The third kappa shape index (κ3) is 6.99. The van der Waals surface area contributed by atoms with E-state index in [1.54, 1.807) is 14.2 Å². The maximum absolute atomic E-state index is 12.1. The number of nitrogens with one attached hydrogen (secondary N) is 3. The van der Waals surface area contributed by atoms with Gasteiger partial charge in [-0.05, 0) is 43.2 Å². The molecule has 2 aromatic rings. The molecule has 7 nitrogen and oxygen atoms in total. The Labute approximate surface area is 178 Å². The number of amides is 1. The molecule has 0 bridgehead atoms. The van der Waals surface area contributed by atoms with Crippen LogP contribution in [0.25, 0.3) is 0 Å². The molecule has 2 rings (SSSR count). The fraction of sp³-hybridized carbons (Fsp3) is 0.391. The molecule has 0 fully saturated rings. The Morgan fingerprint density at radius 2 is 1.70 bits per heavy atom. The summed E-state index contributed by atoms with van der Waals surface area (Å²) in [5.41, 5.74) is 2.52. The summed E-state index contributed by atoms with van der Waals surface area (Å²) in [6, 6.07) is 13.1. The zero-order valence-electron chi connectivity index (χ0n) is 18.2. The van der Waals surface area contributed by atoms with Gasteiger partial charge in [-0.1, -0.05) is 25.5 Å². The number of rotatable bonds is 10. The molecule has 1 amide bonds. The topological polar surface area (TPSA) is 84.0 Å². The van der Waals surface area contributed by atoms with Gasteiger partial charge in [0.15, 0.2) is 17.5 Å². The average molecular weight is 413 g/mol. The number of unbranched alkanes of at least 4 members (excludes halogenated alkanes) is 1. The second-order valence-electron chi connectivity index (χ2n) is 6.70. The Morgan fingerprint density at radius 1 is 0.967 bits per heavy atom. The van der Waals surface area contributed by atoms with Gasteiger partial charge in [-0.2, -0.15) is 0 Å². The van der Waals surface area contributed by atoms with Crippen LogP contribution in [0.5, 0.6) is 11.5 Å². The zero-order valence-corrected chi connectivity index (χ0v) is 18.2. The summed E-state index contributed by atoms with van der Waals surface area (Å²) in [6.07, 6.45) is 2.04. The van der Waals surface area contributed by atoms with Gasteiger partial charge in [0.05, 0.1) is 20.8 Å². The Bertz CT molecular complexity index is 835. The van der Waals surface area contributed by atoms with Crippen molar-refractivity contribution in [1.82, 2.24) is 10.6 Å². The summed E-state index contributed by atoms with van der Waals surface area (Å²) in [6.45, 7) is 6.03.